The number of amides is 1. The fourth-order valence-corrected chi connectivity index (χ4v) is 4.68. The average molecular weight is 508 g/mol. The number of morpholine rings is 1. The quantitative estimate of drug-likeness (QED) is 0.649. The molecule has 29 heavy (non-hydrogen) atoms. The molecule has 7 nitrogen and oxygen atoms in total. The molecule has 2 aromatic carbocycles. The van der Waals surface area contributed by atoms with E-state index in [-0.39, 0.29) is 34.4 Å². The minimum atomic E-state index is -3.69. The van der Waals surface area contributed by atoms with Crippen LogP contribution in [-0.2, 0) is 19.6 Å². The molecule has 1 aliphatic heterocycles. The van der Waals surface area contributed by atoms with Gasteiger partial charge in [-0.05, 0) is 36.4 Å². The Morgan fingerprint density at radius 1 is 1.24 bits per heavy atom. The van der Waals surface area contributed by atoms with Gasteiger partial charge < -0.3 is 14.8 Å². The first-order valence-corrected chi connectivity index (χ1v) is 11.1. The SMILES string of the molecule is O=C(COc1ccc(S(=O)(=O)N2CCOCC2)cc1Cl)Nc1ccc(Br)cc1F. The zero-order chi connectivity index (χ0) is 21.0. The van der Waals surface area contributed by atoms with E-state index in [0.29, 0.717) is 17.7 Å². The molecule has 1 heterocycles. The summed E-state index contributed by atoms with van der Waals surface area (Å²) in [5.41, 5.74) is 0.0137. The van der Waals surface area contributed by atoms with Crippen LogP contribution >= 0.6 is 27.5 Å². The Bertz CT molecular complexity index is 1020. The van der Waals surface area contributed by atoms with Crippen LogP contribution in [0.3, 0.4) is 0 Å². The van der Waals surface area contributed by atoms with Crippen molar-refractivity contribution in [1.29, 1.82) is 0 Å². The van der Waals surface area contributed by atoms with Crippen molar-refractivity contribution in [3.05, 3.63) is 51.7 Å². The van der Waals surface area contributed by atoms with Crippen molar-refractivity contribution in [1.82, 2.24) is 4.31 Å². The molecule has 0 atom stereocenters. The zero-order valence-electron chi connectivity index (χ0n) is 15.0. The Kier molecular flexibility index (Phi) is 7.12. The number of carbonyl (C=O) groups excluding carboxylic acids is 1. The van der Waals surface area contributed by atoms with Gasteiger partial charge in [-0.2, -0.15) is 4.31 Å². The maximum Gasteiger partial charge on any atom is 0.262 e. The van der Waals surface area contributed by atoms with E-state index in [4.69, 9.17) is 21.1 Å². The van der Waals surface area contributed by atoms with Gasteiger partial charge in [0.1, 0.15) is 11.6 Å². The van der Waals surface area contributed by atoms with Crippen LogP contribution in [0.25, 0.3) is 0 Å². The van der Waals surface area contributed by atoms with Crippen LogP contribution in [0.2, 0.25) is 5.02 Å². The highest BCUT2D eigenvalue weighted by molar-refractivity contribution is 9.10. The van der Waals surface area contributed by atoms with Crippen molar-refractivity contribution in [3.63, 3.8) is 0 Å². The Hall–Kier alpha value is -1.72. The second kappa shape index (κ2) is 9.40. The van der Waals surface area contributed by atoms with Crippen LogP contribution in [0.1, 0.15) is 0 Å². The van der Waals surface area contributed by atoms with Crippen molar-refractivity contribution >= 4 is 49.1 Å². The van der Waals surface area contributed by atoms with E-state index in [9.17, 15) is 17.6 Å². The maximum atomic E-state index is 13.8. The average Bonchev–Trinajstić information content (AvgIpc) is 2.70. The molecule has 2 aromatic rings. The Morgan fingerprint density at radius 2 is 1.97 bits per heavy atom. The summed E-state index contributed by atoms with van der Waals surface area (Å²) in [6.45, 7) is 0.783. The molecular formula is C18H17BrClFN2O5S. The number of nitrogens with zero attached hydrogens (tertiary/aromatic N) is 1. The lowest BCUT2D eigenvalue weighted by molar-refractivity contribution is -0.118. The smallest absolute Gasteiger partial charge is 0.262 e. The monoisotopic (exact) mass is 506 g/mol. The largest absolute Gasteiger partial charge is 0.482 e. The molecule has 0 radical (unpaired) electrons. The second-order valence-corrected chi connectivity index (χ2v) is 9.33. The first-order valence-electron chi connectivity index (χ1n) is 8.52. The number of hydrogen-bond acceptors (Lipinski definition) is 5. The first kappa shape index (κ1) is 22.0. The summed E-state index contributed by atoms with van der Waals surface area (Å²) in [7, 11) is -3.69. The number of benzene rings is 2. The summed E-state index contributed by atoms with van der Waals surface area (Å²) in [6.07, 6.45) is 0. The molecule has 1 aliphatic rings. The number of carbonyl (C=O) groups is 1. The third-order valence-corrected chi connectivity index (χ3v) is 6.76. The molecule has 1 N–H and O–H groups in total. The highest BCUT2D eigenvalue weighted by Gasteiger charge is 2.27. The normalized spacial score (nSPS) is 15.1. The first-order chi connectivity index (χ1) is 13.8. The minimum Gasteiger partial charge on any atom is -0.482 e. The molecule has 0 aromatic heterocycles. The van der Waals surface area contributed by atoms with E-state index in [1.807, 2.05) is 0 Å². The predicted octanol–water partition coefficient (Wildman–Crippen LogP) is 3.28. The number of ether oxygens (including phenoxy) is 2. The van der Waals surface area contributed by atoms with E-state index in [1.165, 1.54) is 34.6 Å². The molecular weight excluding hydrogens is 491 g/mol. The summed E-state index contributed by atoms with van der Waals surface area (Å²) in [4.78, 5) is 12.0. The number of sulfonamides is 1. The van der Waals surface area contributed by atoms with Gasteiger partial charge in [0, 0.05) is 17.6 Å². The van der Waals surface area contributed by atoms with Crippen LogP contribution in [0, 0.1) is 5.82 Å². The molecule has 1 saturated heterocycles. The lowest BCUT2D eigenvalue weighted by Gasteiger charge is -2.26. The minimum absolute atomic E-state index is 0.0137. The standard InChI is InChI=1S/C18H17BrClFN2O5S/c19-12-1-3-16(15(21)9-12)22-18(24)11-28-17-4-2-13(10-14(17)20)29(25,26)23-5-7-27-8-6-23/h1-4,9-10H,5-8,11H2,(H,22,24). The number of anilines is 1. The van der Waals surface area contributed by atoms with Crippen LogP contribution in [0.5, 0.6) is 5.75 Å². The molecule has 0 bridgehead atoms. The summed E-state index contributed by atoms with van der Waals surface area (Å²) in [6, 6.07) is 8.23. The van der Waals surface area contributed by atoms with Gasteiger partial charge in [-0.25, -0.2) is 12.8 Å². The van der Waals surface area contributed by atoms with Crippen LogP contribution in [0.15, 0.2) is 45.8 Å². The van der Waals surface area contributed by atoms with Crippen molar-refractivity contribution in [2.24, 2.45) is 0 Å². The van der Waals surface area contributed by atoms with Crippen molar-refractivity contribution < 1.29 is 27.1 Å². The van der Waals surface area contributed by atoms with Crippen molar-refractivity contribution in [3.8, 4) is 5.75 Å². The Balaban J connectivity index is 1.64. The number of hydrogen-bond donors (Lipinski definition) is 1. The molecule has 3 rings (SSSR count). The van der Waals surface area contributed by atoms with Gasteiger partial charge in [-0.1, -0.05) is 27.5 Å². The van der Waals surface area contributed by atoms with Gasteiger partial charge >= 0.3 is 0 Å². The Morgan fingerprint density at radius 3 is 2.62 bits per heavy atom. The van der Waals surface area contributed by atoms with Gasteiger partial charge in [-0.3, -0.25) is 4.79 Å². The maximum absolute atomic E-state index is 13.8. The van der Waals surface area contributed by atoms with E-state index < -0.39 is 28.4 Å². The van der Waals surface area contributed by atoms with E-state index in [1.54, 1.807) is 6.07 Å². The van der Waals surface area contributed by atoms with E-state index >= 15 is 0 Å². The summed E-state index contributed by atoms with van der Waals surface area (Å²) < 4.78 is 51.4. The fraction of sp³-hybridized carbons (Fsp3) is 0.278. The third kappa shape index (κ3) is 5.46. The van der Waals surface area contributed by atoms with Crippen LogP contribution < -0.4 is 10.1 Å². The Labute approximate surface area is 180 Å². The third-order valence-electron chi connectivity index (χ3n) is 4.08. The number of halogens is 3. The molecule has 1 amide bonds. The zero-order valence-corrected chi connectivity index (χ0v) is 18.2. The van der Waals surface area contributed by atoms with Crippen LogP contribution in [-0.4, -0.2) is 51.5 Å². The van der Waals surface area contributed by atoms with Crippen molar-refractivity contribution in [2.45, 2.75) is 4.90 Å². The second-order valence-electron chi connectivity index (χ2n) is 6.07. The summed E-state index contributed by atoms with van der Waals surface area (Å²) in [5, 5.41) is 2.43. The van der Waals surface area contributed by atoms with E-state index in [2.05, 4.69) is 21.2 Å². The van der Waals surface area contributed by atoms with Gasteiger partial charge in [0.25, 0.3) is 5.91 Å². The summed E-state index contributed by atoms with van der Waals surface area (Å²) >= 11 is 9.26. The van der Waals surface area contributed by atoms with Gasteiger partial charge in [0.2, 0.25) is 10.0 Å². The molecule has 0 unspecified atom stereocenters. The fourth-order valence-electron chi connectivity index (χ4n) is 2.62. The molecule has 0 saturated carbocycles. The molecule has 156 valence electrons. The van der Waals surface area contributed by atoms with Crippen molar-refractivity contribution in [2.75, 3.05) is 38.2 Å². The topological polar surface area (TPSA) is 84.9 Å². The van der Waals surface area contributed by atoms with Gasteiger partial charge in [-0.15, -0.1) is 0 Å². The molecule has 0 aliphatic carbocycles. The molecule has 1 fully saturated rings. The molecule has 0 spiro atoms. The van der Waals surface area contributed by atoms with Gasteiger partial charge in [0.15, 0.2) is 6.61 Å². The summed E-state index contributed by atoms with van der Waals surface area (Å²) in [5.74, 6) is -1.05. The highest BCUT2D eigenvalue weighted by atomic mass is 79.9. The highest BCUT2D eigenvalue weighted by Crippen LogP contribution is 2.29. The number of rotatable bonds is 6. The predicted molar refractivity (Wildman–Crippen MR) is 109 cm³/mol. The van der Waals surface area contributed by atoms with Crippen LogP contribution in [0.4, 0.5) is 10.1 Å². The number of nitrogens with one attached hydrogen (secondary N) is 1. The lowest BCUT2D eigenvalue weighted by Crippen LogP contribution is -2.40. The van der Waals surface area contributed by atoms with E-state index in [0.717, 1.165) is 0 Å². The molecule has 11 heteroatoms. The lowest BCUT2D eigenvalue weighted by atomic mass is 10.3. The van der Waals surface area contributed by atoms with Gasteiger partial charge in [0.05, 0.1) is 28.8 Å².